The minimum Gasteiger partial charge on any atom is -0.370 e. The molecule has 2 aliphatic heterocycles. The minimum absolute atomic E-state index is 0.238. The van der Waals surface area contributed by atoms with Crippen molar-refractivity contribution in [3.63, 3.8) is 0 Å². The number of carbonyl (C=O) groups excluding carboxylic acids is 2. The molecule has 2 amide bonds. The highest BCUT2D eigenvalue weighted by atomic mass is 16.2. The first kappa shape index (κ1) is 13.3. The van der Waals surface area contributed by atoms with Gasteiger partial charge in [-0.25, -0.2) is 0 Å². The van der Waals surface area contributed by atoms with Crippen LogP contribution in [0.3, 0.4) is 0 Å². The van der Waals surface area contributed by atoms with E-state index in [2.05, 4.69) is 5.32 Å². The Hall–Kier alpha value is -1.10. The van der Waals surface area contributed by atoms with E-state index in [4.69, 9.17) is 5.73 Å². The first-order valence-electron chi connectivity index (χ1n) is 6.80. The molecule has 2 rings (SSSR count). The molecular formula is C13H23N3O2. The van der Waals surface area contributed by atoms with Crippen molar-refractivity contribution in [2.45, 2.75) is 32.6 Å². The van der Waals surface area contributed by atoms with Gasteiger partial charge in [-0.3, -0.25) is 9.59 Å². The van der Waals surface area contributed by atoms with Crippen LogP contribution in [-0.4, -0.2) is 42.9 Å². The second-order valence-corrected chi connectivity index (χ2v) is 5.92. The molecule has 102 valence electrons. The van der Waals surface area contributed by atoms with Gasteiger partial charge in [0.05, 0.1) is 5.41 Å². The van der Waals surface area contributed by atoms with Gasteiger partial charge in [-0.15, -0.1) is 0 Å². The van der Waals surface area contributed by atoms with Crippen LogP contribution in [0.2, 0.25) is 0 Å². The average molecular weight is 253 g/mol. The Morgan fingerprint density at radius 1 is 1.50 bits per heavy atom. The Morgan fingerprint density at radius 2 is 2.28 bits per heavy atom. The van der Waals surface area contributed by atoms with Crippen molar-refractivity contribution in [2.75, 3.05) is 26.2 Å². The van der Waals surface area contributed by atoms with Crippen LogP contribution in [0.25, 0.3) is 0 Å². The first-order valence-corrected chi connectivity index (χ1v) is 6.80. The molecule has 5 heteroatoms. The van der Waals surface area contributed by atoms with Gasteiger partial charge in [-0.2, -0.15) is 0 Å². The van der Waals surface area contributed by atoms with Gasteiger partial charge in [0, 0.05) is 26.1 Å². The molecule has 0 saturated carbocycles. The van der Waals surface area contributed by atoms with Gasteiger partial charge in [0.15, 0.2) is 0 Å². The summed E-state index contributed by atoms with van der Waals surface area (Å²) < 4.78 is 0. The summed E-state index contributed by atoms with van der Waals surface area (Å²) in [6, 6.07) is 0. The van der Waals surface area contributed by atoms with Crippen molar-refractivity contribution in [1.82, 2.24) is 10.2 Å². The number of hydrogen-bond donors (Lipinski definition) is 2. The lowest BCUT2D eigenvalue weighted by Gasteiger charge is -2.37. The van der Waals surface area contributed by atoms with Gasteiger partial charge in [-0.1, -0.05) is 0 Å². The highest BCUT2D eigenvalue weighted by molar-refractivity contribution is 5.83. The van der Waals surface area contributed by atoms with E-state index in [1.165, 1.54) is 0 Å². The molecule has 0 bridgehead atoms. The summed E-state index contributed by atoms with van der Waals surface area (Å²) >= 11 is 0. The van der Waals surface area contributed by atoms with Crippen molar-refractivity contribution in [2.24, 2.45) is 17.1 Å². The zero-order valence-corrected chi connectivity index (χ0v) is 11.1. The standard InChI is InChI=1S/C13H23N3O2/c1-13(4-5-15-9-13)12(18)16-6-2-3-10(8-16)7-11(14)17/h10,15H,2-9H2,1H3,(H2,14,17)/t10-,13-/m1/s1. The number of nitrogens with one attached hydrogen (secondary N) is 1. The summed E-state index contributed by atoms with van der Waals surface area (Å²) in [4.78, 5) is 25.4. The number of nitrogens with zero attached hydrogens (tertiary/aromatic N) is 1. The highest BCUT2D eigenvalue weighted by Crippen LogP contribution is 2.30. The fraction of sp³-hybridized carbons (Fsp3) is 0.846. The van der Waals surface area contributed by atoms with Gasteiger partial charge in [0.2, 0.25) is 11.8 Å². The predicted octanol–water partition coefficient (Wildman–Crippen LogP) is 0.100. The molecule has 2 heterocycles. The number of piperidine rings is 1. The van der Waals surface area contributed by atoms with E-state index in [1.807, 2.05) is 11.8 Å². The topological polar surface area (TPSA) is 75.4 Å². The molecule has 18 heavy (non-hydrogen) atoms. The van der Waals surface area contributed by atoms with E-state index in [0.29, 0.717) is 13.0 Å². The SMILES string of the molecule is C[C@@]1(C(=O)N2CCC[C@H](CC(N)=O)C2)CCNC1. The van der Waals surface area contributed by atoms with Crippen LogP contribution in [0.4, 0.5) is 0 Å². The minimum atomic E-state index is -0.261. The highest BCUT2D eigenvalue weighted by Gasteiger charge is 2.40. The third kappa shape index (κ3) is 2.83. The smallest absolute Gasteiger partial charge is 0.229 e. The molecule has 0 radical (unpaired) electrons. The number of rotatable bonds is 3. The number of likely N-dealkylation sites (tertiary alicyclic amines) is 1. The summed E-state index contributed by atoms with van der Waals surface area (Å²) in [7, 11) is 0. The normalized spacial score (nSPS) is 32.5. The van der Waals surface area contributed by atoms with Crippen molar-refractivity contribution in [3.8, 4) is 0 Å². The van der Waals surface area contributed by atoms with Gasteiger partial charge >= 0.3 is 0 Å². The third-order valence-electron chi connectivity index (χ3n) is 4.18. The van der Waals surface area contributed by atoms with Crippen LogP contribution in [0.5, 0.6) is 0 Å². The van der Waals surface area contributed by atoms with E-state index < -0.39 is 0 Å². The molecule has 2 aliphatic rings. The maximum atomic E-state index is 12.5. The molecule has 0 unspecified atom stereocenters. The zero-order chi connectivity index (χ0) is 13.2. The Morgan fingerprint density at radius 3 is 2.89 bits per heavy atom. The van der Waals surface area contributed by atoms with Crippen LogP contribution in [-0.2, 0) is 9.59 Å². The molecule has 0 spiro atoms. The second-order valence-electron chi connectivity index (χ2n) is 5.92. The molecule has 2 atom stereocenters. The second kappa shape index (κ2) is 5.26. The van der Waals surface area contributed by atoms with E-state index in [0.717, 1.165) is 38.9 Å². The molecule has 0 aromatic carbocycles. The third-order valence-corrected chi connectivity index (χ3v) is 4.18. The van der Waals surface area contributed by atoms with Gasteiger partial charge in [-0.05, 0) is 38.6 Å². The summed E-state index contributed by atoms with van der Waals surface area (Å²) in [6.45, 7) is 5.23. The number of hydrogen-bond acceptors (Lipinski definition) is 3. The van der Waals surface area contributed by atoms with Crippen LogP contribution in [0.1, 0.15) is 32.6 Å². The van der Waals surface area contributed by atoms with E-state index in [1.54, 1.807) is 0 Å². The maximum absolute atomic E-state index is 12.5. The molecule has 3 N–H and O–H groups in total. The van der Waals surface area contributed by atoms with E-state index in [9.17, 15) is 9.59 Å². The lowest BCUT2D eigenvalue weighted by molar-refractivity contribution is -0.142. The molecule has 2 saturated heterocycles. The predicted molar refractivity (Wildman–Crippen MR) is 68.7 cm³/mol. The summed E-state index contributed by atoms with van der Waals surface area (Å²) in [5, 5.41) is 3.25. The van der Waals surface area contributed by atoms with E-state index in [-0.39, 0.29) is 23.1 Å². The zero-order valence-electron chi connectivity index (χ0n) is 11.1. The van der Waals surface area contributed by atoms with Crippen LogP contribution in [0.15, 0.2) is 0 Å². The number of nitrogens with two attached hydrogens (primary N) is 1. The molecule has 2 fully saturated rings. The van der Waals surface area contributed by atoms with Crippen LogP contribution >= 0.6 is 0 Å². The Bertz CT molecular complexity index is 337. The molecule has 0 aromatic rings. The van der Waals surface area contributed by atoms with Crippen molar-refractivity contribution in [1.29, 1.82) is 0 Å². The van der Waals surface area contributed by atoms with Crippen molar-refractivity contribution in [3.05, 3.63) is 0 Å². The largest absolute Gasteiger partial charge is 0.370 e. The van der Waals surface area contributed by atoms with Crippen LogP contribution < -0.4 is 11.1 Å². The first-order chi connectivity index (χ1) is 8.51. The maximum Gasteiger partial charge on any atom is 0.229 e. The Kier molecular flexibility index (Phi) is 3.90. The van der Waals surface area contributed by atoms with Gasteiger partial charge in [0.1, 0.15) is 0 Å². The molecule has 0 aliphatic carbocycles. The monoisotopic (exact) mass is 253 g/mol. The van der Waals surface area contributed by atoms with Crippen LogP contribution in [0, 0.1) is 11.3 Å². The molecule has 5 nitrogen and oxygen atoms in total. The van der Waals surface area contributed by atoms with Gasteiger partial charge < -0.3 is 16.0 Å². The summed E-state index contributed by atoms with van der Waals surface area (Å²) in [5.74, 6) is 0.225. The number of amides is 2. The fourth-order valence-electron chi connectivity index (χ4n) is 3.08. The fourth-order valence-corrected chi connectivity index (χ4v) is 3.08. The molecular weight excluding hydrogens is 230 g/mol. The van der Waals surface area contributed by atoms with Crippen molar-refractivity contribution < 1.29 is 9.59 Å². The van der Waals surface area contributed by atoms with Gasteiger partial charge in [0.25, 0.3) is 0 Å². The summed E-state index contributed by atoms with van der Waals surface area (Å²) in [5.41, 5.74) is 4.99. The summed E-state index contributed by atoms with van der Waals surface area (Å²) in [6.07, 6.45) is 3.29. The Balaban J connectivity index is 1.95. The Labute approximate surface area is 108 Å². The average Bonchev–Trinajstić information content (AvgIpc) is 2.76. The number of primary amides is 1. The molecule has 0 aromatic heterocycles. The quantitative estimate of drug-likeness (QED) is 0.749. The van der Waals surface area contributed by atoms with Crippen molar-refractivity contribution >= 4 is 11.8 Å². The number of carbonyl (C=O) groups is 2. The lowest BCUT2D eigenvalue weighted by atomic mass is 9.86. The lowest BCUT2D eigenvalue weighted by Crippen LogP contribution is -2.48. The van der Waals surface area contributed by atoms with E-state index >= 15 is 0 Å².